The Labute approximate surface area is 251 Å². The minimum atomic E-state index is -3.08. The number of carbonyl (C=O) groups excluding carboxylic acids is 1. The smallest absolute Gasteiger partial charge is 0.306 e. The van der Waals surface area contributed by atoms with Crippen LogP contribution in [0.2, 0.25) is 0 Å². The summed E-state index contributed by atoms with van der Waals surface area (Å²) in [5, 5.41) is 10.8. The third-order valence-electron chi connectivity index (χ3n) is 9.15. The number of aryl methyl sites for hydroxylation is 3. The lowest BCUT2D eigenvalue weighted by atomic mass is 9.94. The van der Waals surface area contributed by atoms with E-state index in [0.29, 0.717) is 23.5 Å². The van der Waals surface area contributed by atoms with Gasteiger partial charge in [-0.15, -0.1) is 0 Å². The number of hydrogen-bond donors (Lipinski definition) is 1. The topological polar surface area (TPSA) is 99.1 Å². The van der Waals surface area contributed by atoms with Gasteiger partial charge in [0.15, 0.2) is 9.84 Å². The number of aliphatic hydroxyl groups is 1. The lowest BCUT2D eigenvalue weighted by Gasteiger charge is -2.31. The second-order valence-corrected chi connectivity index (χ2v) is 14.4. The van der Waals surface area contributed by atoms with Gasteiger partial charge in [-0.1, -0.05) is 12.1 Å². The number of benzene rings is 3. The van der Waals surface area contributed by atoms with Gasteiger partial charge in [-0.3, -0.25) is 4.79 Å². The molecule has 6 rings (SSSR count). The van der Waals surface area contributed by atoms with E-state index in [-0.39, 0.29) is 55.3 Å². The molecule has 7 nitrogen and oxygen atoms in total. The first-order chi connectivity index (χ1) is 20.6. The molecule has 3 aromatic carbocycles. The van der Waals surface area contributed by atoms with Crippen molar-refractivity contribution in [2.45, 2.75) is 69.5 Å². The van der Waals surface area contributed by atoms with Crippen molar-refractivity contribution in [1.29, 1.82) is 0 Å². The molecule has 0 unspecified atom stereocenters. The van der Waals surface area contributed by atoms with Crippen LogP contribution < -0.4 is 9.47 Å². The number of fused-ring (bicyclic) bond motifs is 4. The molecule has 0 amide bonds. The summed E-state index contributed by atoms with van der Waals surface area (Å²) >= 11 is 0. The maximum atomic E-state index is 15.2. The summed E-state index contributed by atoms with van der Waals surface area (Å²) in [7, 11) is -1.68. The molecule has 228 valence electrons. The summed E-state index contributed by atoms with van der Waals surface area (Å²) in [5.41, 5.74) is 5.68. The van der Waals surface area contributed by atoms with E-state index in [9.17, 15) is 18.3 Å². The number of ether oxygens (including phenoxy) is 3. The fraction of sp³-hybridized carbons (Fsp3) is 0.441. The predicted octanol–water partition coefficient (Wildman–Crippen LogP) is 5.47. The fourth-order valence-corrected chi connectivity index (χ4v) is 8.12. The molecule has 1 atom stereocenters. The van der Waals surface area contributed by atoms with E-state index in [1.165, 1.54) is 7.11 Å². The van der Waals surface area contributed by atoms with Crippen LogP contribution in [-0.2, 0) is 45.2 Å². The minimum Gasteiger partial charge on any atom is -0.491 e. The van der Waals surface area contributed by atoms with Gasteiger partial charge in [0.1, 0.15) is 36.1 Å². The van der Waals surface area contributed by atoms with Crippen LogP contribution in [0.4, 0.5) is 4.39 Å². The number of hydrogen-bond acceptors (Lipinski definition) is 7. The maximum absolute atomic E-state index is 15.2. The van der Waals surface area contributed by atoms with E-state index in [1.54, 1.807) is 6.07 Å². The SMILES string of the molecule is COC(=O)C[C@@H]1CCc2cc(OCc3cc4c(cc3F)CCCc3cc(OCC5(O)CCS(=O)(=O)CC5)ccc3-4)ccc21. The molecule has 1 saturated heterocycles. The van der Waals surface area contributed by atoms with Gasteiger partial charge in [0.05, 0.1) is 25.0 Å². The predicted molar refractivity (Wildman–Crippen MR) is 161 cm³/mol. The third kappa shape index (κ3) is 6.58. The highest BCUT2D eigenvalue weighted by Crippen LogP contribution is 2.39. The number of esters is 1. The number of halogens is 1. The molecule has 0 aromatic heterocycles. The van der Waals surface area contributed by atoms with Gasteiger partial charge in [0.2, 0.25) is 0 Å². The Balaban J connectivity index is 1.16. The summed E-state index contributed by atoms with van der Waals surface area (Å²) in [6.45, 7) is 0.132. The van der Waals surface area contributed by atoms with E-state index in [0.717, 1.165) is 65.5 Å². The van der Waals surface area contributed by atoms with Crippen molar-refractivity contribution in [2.75, 3.05) is 25.2 Å². The fourth-order valence-electron chi connectivity index (χ4n) is 6.54. The second kappa shape index (κ2) is 11.9. The van der Waals surface area contributed by atoms with Gasteiger partial charge < -0.3 is 19.3 Å². The monoisotopic (exact) mass is 608 g/mol. The molecule has 1 aliphatic heterocycles. The number of carbonyl (C=O) groups is 1. The highest BCUT2D eigenvalue weighted by Gasteiger charge is 2.36. The lowest BCUT2D eigenvalue weighted by Crippen LogP contribution is -2.43. The summed E-state index contributed by atoms with van der Waals surface area (Å²) in [6, 6.07) is 15.2. The Morgan fingerprint density at radius 1 is 0.930 bits per heavy atom. The first-order valence-corrected chi connectivity index (χ1v) is 16.8. The molecule has 0 spiro atoms. The Bertz CT molecular complexity index is 1630. The summed E-state index contributed by atoms with van der Waals surface area (Å²) in [4.78, 5) is 11.8. The van der Waals surface area contributed by atoms with Crippen molar-refractivity contribution in [2.24, 2.45) is 0 Å². The van der Waals surface area contributed by atoms with Crippen LogP contribution in [0.1, 0.15) is 65.8 Å². The molecule has 0 radical (unpaired) electrons. The summed E-state index contributed by atoms with van der Waals surface area (Å²) in [6.07, 6.45) is 4.90. The third-order valence-corrected chi connectivity index (χ3v) is 10.8. The van der Waals surface area contributed by atoms with Crippen LogP contribution in [-0.4, -0.2) is 50.3 Å². The molecule has 0 saturated carbocycles. The van der Waals surface area contributed by atoms with Gasteiger partial charge >= 0.3 is 5.97 Å². The summed E-state index contributed by atoms with van der Waals surface area (Å²) in [5.74, 6) is 0.900. The van der Waals surface area contributed by atoms with Crippen LogP contribution in [0.15, 0.2) is 48.5 Å². The second-order valence-electron chi connectivity index (χ2n) is 12.1. The molecule has 1 fully saturated rings. The van der Waals surface area contributed by atoms with Crippen LogP contribution in [0, 0.1) is 5.82 Å². The first-order valence-electron chi connectivity index (χ1n) is 14.9. The largest absolute Gasteiger partial charge is 0.491 e. The zero-order chi connectivity index (χ0) is 30.2. The van der Waals surface area contributed by atoms with Gasteiger partial charge in [-0.2, -0.15) is 0 Å². The van der Waals surface area contributed by atoms with Gasteiger partial charge in [0.25, 0.3) is 0 Å². The normalized spacial score (nSPS) is 19.8. The molecule has 2 aliphatic carbocycles. The number of sulfone groups is 1. The molecular formula is C34H37FO7S. The van der Waals surface area contributed by atoms with E-state index in [1.807, 2.05) is 42.5 Å². The van der Waals surface area contributed by atoms with E-state index >= 15 is 4.39 Å². The molecule has 3 aromatic rings. The van der Waals surface area contributed by atoms with E-state index in [4.69, 9.17) is 14.2 Å². The van der Waals surface area contributed by atoms with Gasteiger partial charge in [-0.25, -0.2) is 12.8 Å². The molecular weight excluding hydrogens is 571 g/mol. The Morgan fingerprint density at radius 2 is 1.63 bits per heavy atom. The summed E-state index contributed by atoms with van der Waals surface area (Å²) < 4.78 is 55.6. The molecule has 1 N–H and O–H groups in total. The molecule has 0 bridgehead atoms. The molecule has 1 heterocycles. The molecule has 9 heteroatoms. The van der Waals surface area contributed by atoms with E-state index < -0.39 is 15.4 Å². The minimum absolute atomic E-state index is 0.0274. The van der Waals surface area contributed by atoms with Crippen LogP contribution in [0.3, 0.4) is 0 Å². The van der Waals surface area contributed by atoms with Crippen molar-refractivity contribution in [3.05, 3.63) is 82.2 Å². The van der Waals surface area contributed by atoms with Gasteiger partial charge in [0, 0.05) is 5.56 Å². The highest BCUT2D eigenvalue weighted by atomic mass is 32.2. The Hall–Kier alpha value is -3.43. The van der Waals surface area contributed by atoms with Crippen molar-refractivity contribution in [3.63, 3.8) is 0 Å². The quantitative estimate of drug-likeness (QED) is 0.339. The van der Waals surface area contributed by atoms with Crippen LogP contribution in [0.25, 0.3) is 11.1 Å². The Morgan fingerprint density at radius 3 is 2.40 bits per heavy atom. The van der Waals surface area contributed by atoms with E-state index in [2.05, 4.69) is 0 Å². The number of rotatable bonds is 8. The van der Waals surface area contributed by atoms with Crippen molar-refractivity contribution >= 4 is 15.8 Å². The average molecular weight is 609 g/mol. The standard InChI is InChI=1S/C34H37FO7S/c1-40-33(36)19-25-6-5-24-16-27(7-9-29(24)25)41-20-26-17-31-23(18-32(26)35)4-2-3-22-15-28(8-10-30(22)31)42-21-34(37)11-13-43(38,39)14-12-34/h7-10,15-18,25,37H,2-6,11-14,19-21H2,1H3/t25-/m0/s1. The maximum Gasteiger partial charge on any atom is 0.306 e. The highest BCUT2D eigenvalue weighted by molar-refractivity contribution is 7.91. The van der Waals surface area contributed by atoms with Crippen molar-refractivity contribution in [3.8, 4) is 22.6 Å². The average Bonchev–Trinajstić information content (AvgIpc) is 3.30. The van der Waals surface area contributed by atoms with Crippen molar-refractivity contribution < 1.29 is 36.9 Å². The first kappa shape index (κ1) is 29.6. The molecule has 3 aliphatic rings. The number of methoxy groups -OCH3 is 1. The zero-order valence-corrected chi connectivity index (χ0v) is 25.2. The zero-order valence-electron chi connectivity index (χ0n) is 24.4. The van der Waals surface area contributed by atoms with Crippen molar-refractivity contribution in [1.82, 2.24) is 0 Å². The lowest BCUT2D eigenvalue weighted by molar-refractivity contribution is -0.141. The van der Waals surface area contributed by atoms with Gasteiger partial charge in [-0.05, 0) is 121 Å². The Kier molecular flexibility index (Phi) is 8.22. The van der Waals surface area contributed by atoms with Crippen LogP contribution in [0.5, 0.6) is 11.5 Å². The van der Waals surface area contributed by atoms with Crippen LogP contribution >= 0.6 is 0 Å². The molecule has 43 heavy (non-hydrogen) atoms.